The molecule has 0 saturated carbocycles. The number of ether oxygens (including phenoxy) is 1. The summed E-state index contributed by atoms with van der Waals surface area (Å²) >= 11 is 11.0. The Balaban J connectivity index is 2.10. The van der Waals surface area contributed by atoms with Crippen LogP contribution in [0.15, 0.2) is 36.5 Å². The second-order valence-electron chi connectivity index (χ2n) is 4.42. The van der Waals surface area contributed by atoms with E-state index >= 15 is 0 Å². The van der Waals surface area contributed by atoms with Crippen LogP contribution in [0, 0.1) is 6.92 Å². The third kappa shape index (κ3) is 3.93. The minimum absolute atomic E-state index is 0.147. The molecule has 0 aliphatic carbocycles. The van der Waals surface area contributed by atoms with Gasteiger partial charge in [-0.2, -0.15) is 0 Å². The fourth-order valence-corrected chi connectivity index (χ4v) is 2.14. The van der Waals surface area contributed by atoms with Gasteiger partial charge in [-0.3, -0.25) is 10.1 Å². The van der Waals surface area contributed by atoms with Crippen LogP contribution in [0.4, 0.5) is 5.82 Å². The normalized spacial score (nSPS) is 9.95. The summed E-state index contributed by atoms with van der Waals surface area (Å²) in [7, 11) is 1.48. The third-order valence-electron chi connectivity index (χ3n) is 2.87. The van der Waals surface area contributed by atoms with E-state index in [0.717, 1.165) is 5.56 Å². The predicted molar refractivity (Wildman–Crippen MR) is 90.7 cm³/mol. The molecule has 2 aromatic rings. The molecule has 0 spiro atoms. The Labute approximate surface area is 138 Å². The minimum atomic E-state index is -0.412. The Kier molecular flexibility index (Phi) is 5.30. The molecule has 2 rings (SSSR count). The molecule has 0 aliphatic heterocycles. The number of aromatic nitrogens is 1. The molecule has 0 aliphatic rings. The summed E-state index contributed by atoms with van der Waals surface area (Å²) in [5.74, 6) is 0.593. The molecule has 0 atom stereocenters. The Bertz CT molecular complexity index is 722. The molecule has 22 heavy (non-hydrogen) atoms. The number of methoxy groups -OCH3 is 1. The van der Waals surface area contributed by atoms with Crippen molar-refractivity contribution in [3.05, 3.63) is 52.7 Å². The number of hydrogen-bond donors (Lipinski definition) is 2. The SMILES string of the molecule is COc1ccc(Cl)cc1C(=O)NC(=S)Nc1ncccc1C. The van der Waals surface area contributed by atoms with Gasteiger partial charge < -0.3 is 10.1 Å². The van der Waals surface area contributed by atoms with Crippen molar-refractivity contribution in [3.8, 4) is 5.75 Å². The first kappa shape index (κ1) is 16.2. The number of rotatable bonds is 3. The molecule has 0 saturated heterocycles. The third-order valence-corrected chi connectivity index (χ3v) is 3.31. The van der Waals surface area contributed by atoms with Crippen molar-refractivity contribution < 1.29 is 9.53 Å². The van der Waals surface area contributed by atoms with E-state index in [-0.39, 0.29) is 5.11 Å². The highest BCUT2D eigenvalue weighted by Gasteiger charge is 2.14. The molecule has 1 amide bonds. The molecule has 5 nitrogen and oxygen atoms in total. The maximum Gasteiger partial charge on any atom is 0.261 e. The molecule has 1 aromatic heterocycles. The van der Waals surface area contributed by atoms with Crippen LogP contribution in [0.1, 0.15) is 15.9 Å². The number of thiocarbonyl (C=S) groups is 1. The number of pyridine rings is 1. The van der Waals surface area contributed by atoms with E-state index in [0.29, 0.717) is 22.2 Å². The van der Waals surface area contributed by atoms with Crippen molar-refractivity contribution in [2.75, 3.05) is 12.4 Å². The minimum Gasteiger partial charge on any atom is -0.496 e. The van der Waals surface area contributed by atoms with E-state index < -0.39 is 5.91 Å². The van der Waals surface area contributed by atoms with Gasteiger partial charge in [-0.05, 0) is 49.0 Å². The van der Waals surface area contributed by atoms with Crippen LogP contribution in [0.2, 0.25) is 5.02 Å². The zero-order chi connectivity index (χ0) is 16.1. The second-order valence-corrected chi connectivity index (χ2v) is 5.27. The number of nitrogens with one attached hydrogen (secondary N) is 2. The van der Waals surface area contributed by atoms with Gasteiger partial charge in [-0.25, -0.2) is 4.98 Å². The first-order valence-electron chi connectivity index (χ1n) is 6.38. The van der Waals surface area contributed by atoms with Crippen LogP contribution < -0.4 is 15.4 Å². The van der Waals surface area contributed by atoms with E-state index in [1.807, 2.05) is 19.1 Å². The molecule has 7 heteroatoms. The standard InChI is InChI=1S/C15H14ClN3O2S/c1-9-4-3-7-17-13(9)18-15(22)19-14(20)11-8-10(16)5-6-12(11)21-2/h3-8H,1-2H3,(H2,17,18,19,20,22). The highest BCUT2D eigenvalue weighted by Crippen LogP contribution is 2.22. The lowest BCUT2D eigenvalue weighted by atomic mass is 10.2. The van der Waals surface area contributed by atoms with E-state index in [1.165, 1.54) is 13.2 Å². The van der Waals surface area contributed by atoms with E-state index in [4.69, 9.17) is 28.6 Å². The number of benzene rings is 1. The van der Waals surface area contributed by atoms with Gasteiger partial charge in [0.2, 0.25) is 0 Å². The van der Waals surface area contributed by atoms with Crippen LogP contribution in [0.3, 0.4) is 0 Å². The maximum atomic E-state index is 12.3. The summed E-state index contributed by atoms with van der Waals surface area (Å²) in [6.07, 6.45) is 1.64. The molecule has 2 N–H and O–H groups in total. The molecule has 0 bridgehead atoms. The highest BCUT2D eigenvalue weighted by molar-refractivity contribution is 7.80. The number of hydrogen-bond acceptors (Lipinski definition) is 4. The van der Waals surface area contributed by atoms with Gasteiger partial charge in [-0.1, -0.05) is 17.7 Å². The summed E-state index contributed by atoms with van der Waals surface area (Å²) < 4.78 is 5.14. The molecule has 1 heterocycles. The summed E-state index contributed by atoms with van der Waals surface area (Å²) in [5.41, 5.74) is 1.22. The van der Waals surface area contributed by atoms with Crippen LogP contribution in [-0.2, 0) is 0 Å². The van der Waals surface area contributed by atoms with Crippen molar-refractivity contribution in [3.63, 3.8) is 0 Å². The summed E-state index contributed by atoms with van der Waals surface area (Å²) in [6.45, 7) is 1.89. The van der Waals surface area contributed by atoms with Crippen molar-refractivity contribution >= 4 is 40.7 Å². The lowest BCUT2D eigenvalue weighted by molar-refractivity contribution is 0.0975. The van der Waals surface area contributed by atoms with Crippen molar-refractivity contribution in [2.45, 2.75) is 6.92 Å². The molecular formula is C15H14ClN3O2S. The Morgan fingerprint density at radius 2 is 2.14 bits per heavy atom. The lowest BCUT2D eigenvalue weighted by Gasteiger charge is -2.12. The summed E-state index contributed by atoms with van der Waals surface area (Å²) in [6, 6.07) is 8.49. The number of carbonyl (C=O) groups excluding carboxylic acids is 1. The fraction of sp³-hybridized carbons (Fsp3) is 0.133. The molecule has 114 valence electrons. The number of anilines is 1. The van der Waals surface area contributed by atoms with E-state index in [1.54, 1.807) is 18.3 Å². The van der Waals surface area contributed by atoms with Gasteiger partial charge in [0.25, 0.3) is 5.91 Å². The number of carbonyl (C=O) groups is 1. The topological polar surface area (TPSA) is 63.2 Å². The highest BCUT2D eigenvalue weighted by atomic mass is 35.5. The monoisotopic (exact) mass is 335 g/mol. The van der Waals surface area contributed by atoms with Crippen molar-refractivity contribution in [1.82, 2.24) is 10.3 Å². The second kappa shape index (κ2) is 7.20. The van der Waals surface area contributed by atoms with Crippen LogP contribution in [0.25, 0.3) is 0 Å². The zero-order valence-electron chi connectivity index (χ0n) is 12.0. The molecule has 0 fully saturated rings. The largest absolute Gasteiger partial charge is 0.496 e. The molecule has 0 radical (unpaired) electrons. The van der Waals surface area contributed by atoms with E-state index in [2.05, 4.69) is 15.6 Å². The molecule has 0 unspecified atom stereocenters. The van der Waals surface area contributed by atoms with Gasteiger partial charge in [-0.15, -0.1) is 0 Å². The number of nitrogens with zero attached hydrogens (tertiary/aromatic N) is 1. The van der Waals surface area contributed by atoms with E-state index in [9.17, 15) is 4.79 Å². The Morgan fingerprint density at radius 3 is 2.82 bits per heavy atom. The van der Waals surface area contributed by atoms with Crippen molar-refractivity contribution in [1.29, 1.82) is 0 Å². The lowest BCUT2D eigenvalue weighted by Crippen LogP contribution is -2.34. The smallest absolute Gasteiger partial charge is 0.261 e. The van der Waals surface area contributed by atoms with Crippen LogP contribution >= 0.6 is 23.8 Å². The van der Waals surface area contributed by atoms with Gasteiger partial charge in [0.05, 0.1) is 12.7 Å². The van der Waals surface area contributed by atoms with Crippen LogP contribution in [0.5, 0.6) is 5.75 Å². The quantitative estimate of drug-likeness (QED) is 0.843. The maximum absolute atomic E-state index is 12.3. The number of aryl methyl sites for hydroxylation is 1. The molecular weight excluding hydrogens is 322 g/mol. The summed E-state index contributed by atoms with van der Waals surface area (Å²) in [5, 5.41) is 6.04. The van der Waals surface area contributed by atoms with Crippen LogP contribution in [-0.4, -0.2) is 23.1 Å². The fourth-order valence-electron chi connectivity index (χ4n) is 1.78. The molecule has 1 aromatic carbocycles. The van der Waals surface area contributed by atoms with Gasteiger partial charge >= 0.3 is 0 Å². The van der Waals surface area contributed by atoms with Gasteiger partial charge in [0.1, 0.15) is 11.6 Å². The average molecular weight is 336 g/mol. The average Bonchev–Trinajstić information content (AvgIpc) is 2.49. The first-order valence-corrected chi connectivity index (χ1v) is 7.17. The Morgan fingerprint density at radius 1 is 1.36 bits per heavy atom. The number of amides is 1. The first-order chi connectivity index (χ1) is 10.5. The van der Waals surface area contributed by atoms with Gasteiger partial charge in [0.15, 0.2) is 5.11 Å². The zero-order valence-corrected chi connectivity index (χ0v) is 13.6. The number of halogens is 1. The van der Waals surface area contributed by atoms with Gasteiger partial charge in [0, 0.05) is 11.2 Å². The predicted octanol–water partition coefficient (Wildman–Crippen LogP) is 3.18. The summed E-state index contributed by atoms with van der Waals surface area (Å²) in [4.78, 5) is 16.4. The van der Waals surface area contributed by atoms with Crippen molar-refractivity contribution in [2.24, 2.45) is 0 Å². The Hall–Kier alpha value is -2.18.